The molecule has 2 N–H and O–H groups in total. The van der Waals surface area contributed by atoms with Crippen LogP contribution in [0.1, 0.15) is 36.0 Å². The Morgan fingerprint density at radius 1 is 1.02 bits per heavy atom. The van der Waals surface area contributed by atoms with E-state index in [1.165, 1.54) is 13.2 Å². The number of benzene rings is 3. The summed E-state index contributed by atoms with van der Waals surface area (Å²) >= 11 is 0. The number of rotatable bonds is 6. The fourth-order valence-corrected chi connectivity index (χ4v) is 6.12. The molecule has 0 bridgehead atoms. The Bertz CT molecular complexity index is 1690. The molecular formula is C33H33FN6O3. The molecule has 0 saturated carbocycles. The minimum atomic E-state index is -0.417. The summed E-state index contributed by atoms with van der Waals surface area (Å²) in [6.45, 7) is 2.76. The van der Waals surface area contributed by atoms with E-state index in [-0.39, 0.29) is 12.3 Å². The SMILES string of the molecule is COc1ccc2c(c1)C(c1c(F)cccc1OC)=NCc1cnc(Nc3cccc(N4CCC5(CCCN5)OC4)c3)nc1-2. The molecule has 1 atom stereocenters. The molecule has 220 valence electrons. The number of nitrogens with one attached hydrogen (secondary N) is 2. The van der Waals surface area contributed by atoms with Gasteiger partial charge in [-0.05, 0) is 67.9 Å². The van der Waals surface area contributed by atoms with Crippen molar-refractivity contribution in [3.05, 3.63) is 89.4 Å². The molecule has 2 saturated heterocycles. The second-order valence-electron chi connectivity index (χ2n) is 10.9. The normalized spacial score (nSPS) is 19.3. The summed E-state index contributed by atoms with van der Waals surface area (Å²) in [4.78, 5) is 16.6. The summed E-state index contributed by atoms with van der Waals surface area (Å²) in [5.41, 5.74) is 5.60. The molecule has 43 heavy (non-hydrogen) atoms. The summed E-state index contributed by atoms with van der Waals surface area (Å²) in [5.74, 6) is 1.07. The van der Waals surface area contributed by atoms with E-state index in [0.717, 1.165) is 60.5 Å². The highest BCUT2D eigenvalue weighted by Crippen LogP contribution is 2.37. The molecule has 4 heterocycles. The van der Waals surface area contributed by atoms with Crippen LogP contribution < -0.4 is 25.0 Å². The van der Waals surface area contributed by atoms with E-state index in [1.807, 2.05) is 30.3 Å². The van der Waals surface area contributed by atoms with Gasteiger partial charge in [-0.1, -0.05) is 12.1 Å². The van der Waals surface area contributed by atoms with Gasteiger partial charge in [0.15, 0.2) is 0 Å². The fraction of sp³-hybridized carbons (Fsp3) is 0.303. The number of aromatic nitrogens is 2. The highest BCUT2D eigenvalue weighted by molar-refractivity contribution is 6.18. The largest absolute Gasteiger partial charge is 0.497 e. The van der Waals surface area contributed by atoms with Crippen LogP contribution in [-0.4, -0.2) is 55.4 Å². The molecule has 0 amide bonds. The molecular weight excluding hydrogens is 547 g/mol. The van der Waals surface area contributed by atoms with Gasteiger partial charge in [0.05, 0.1) is 37.7 Å². The van der Waals surface area contributed by atoms with Crippen molar-refractivity contribution in [2.24, 2.45) is 4.99 Å². The lowest BCUT2D eigenvalue weighted by molar-refractivity contribution is -0.0812. The van der Waals surface area contributed by atoms with E-state index < -0.39 is 5.82 Å². The first kappa shape index (κ1) is 27.3. The number of methoxy groups -OCH3 is 2. The second kappa shape index (κ2) is 11.3. The lowest BCUT2D eigenvalue weighted by Crippen LogP contribution is -2.52. The lowest BCUT2D eigenvalue weighted by atomic mass is 9.94. The van der Waals surface area contributed by atoms with Gasteiger partial charge in [0.25, 0.3) is 0 Å². The minimum Gasteiger partial charge on any atom is -0.497 e. The second-order valence-corrected chi connectivity index (χ2v) is 10.9. The summed E-state index contributed by atoms with van der Waals surface area (Å²) in [5, 5.41) is 6.92. The monoisotopic (exact) mass is 580 g/mol. The quantitative estimate of drug-likeness (QED) is 0.302. The number of aliphatic imine (C=N–C) groups is 1. The first-order valence-electron chi connectivity index (χ1n) is 14.5. The predicted octanol–water partition coefficient (Wildman–Crippen LogP) is 5.66. The van der Waals surface area contributed by atoms with E-state index in [0.29, 0.717) is 41.0 Å². The van der Waals surface area contributed by atoms with Crippen molar-refractivity contribution in [2.45, 2.75) is 31.5 Å². The van der Waals surface area contributed by atoms with Crippen LogP contribution in [0.2, 0.25) is 0 Å². The fourth-order valence-electron chi connectivity index (χ4n) is 6.12. The van der Waals surface area contributed by atoms with Crippen LogP contribution in [0.25, 0.3) is 11.3 Å². The maximum absolute atomic E-state index is 15.3. The van der Waals surface area contributed by atoms with E-state index in [9.17, 15) is 0 Å². The maximum atomic E-state index is 15.3. The van der Waals surface area contributed by atoms with Gasteiger partial charge in [-0.25, -0.2) is 14.4 Å². The molecule has 1 unspecified atom stereocenters. The average molecular weight is 581 g/mol. The highest BCUT2D eigenvalue weighted by Gasteiger charge is 2.38. The standard InChI is InChI=1S/C33H33FN6O3/c1-41-24-10-11-25-26(17-24)31(29-27(34)8-4-9-28(29)42-2)35-18-21-19-36-32(39-30(21)25)38-22-6-3-7-23(16-22)40-15-13-33(43-20-40)12-5-14-37-33/h3-4,6-11,16-17,19,37H,5,12-15,18,20H2,1-2H3,(H,36,38,39). The van der Waals surface area contributed by atoms with Gasteiger partial charge in [0, 0.05) is 47.2 Å². The molecule has 7 rings (SSSR count). The zero-order valence-electron chi connectivity index (χ0n) is 24.2. The minimum absolute atomic E-state index is 0.163. The Balaban J connectivity index is 1.20. The first-order chi connectivity index (χ1) is 21.1. The summed E-state index contributed by atoms with van der Waals surface area (Å²) < 4.78 is 32.6. The van der Waals surface area contributed by atoms with Crippen molar-refractivity contribution in [2.75, 3.05) is 44.3 Å². The summed E-state index contributed by atoms with van der Waals surface area (Å²) in [6, 6.07) is 18.6. The Hall–Kier alpha value is -4.54. The van der Waals surface area contributed by atoms with Gasteiger partial charge in [-0.3, -0.25) is 10.3 Å². The molecule has 4 aromatic rings. The van der Waals surface area contributed by atoms with E-state index in [4.69, 9.17) is 24.2 Å². The topological polar surface area (TPSA) is 93.1 Å². The van der Waals surface area contributed by atoms with Crippen LogP contribution in [0.15, 0.2) is 71.9 Å². The summed E-state index contributed by atoms with van der Waals surface area (Å²) in [6.07, 6.45) is 4.95. The highest BCUT2D eigenvalue weighted by atomic mass is 19.1. The molecule has 3 aromatic carbocycles. The van der Waals surface area contributed by atoms with Crippen LogP contribution in [0.5, 0.6) is 11.5 Å². The van der Waals surface area contributed by atoms with Crippen molar-refractivity contribution in [3.8, 4) is 22.8 Å². The van der Waals surface area contributed by atoms with Crippen molar-refractivity contribution >= 4 is 23.0 Å². The zero-order chi connectivity index (χ0) is 29.4. The van der Waals surface area contributed by atoms with Gasteiger partial charge < -0.3 is 24.4 Å². The number of hydrogen-bond acceptors (Lipinski definition) is 9. The van der Waals surface area contributed by atoms with E-state index in [1.54, 1.807) is 25.4 Å². The molecule has 1 spiro atoms. The van der Waals surface area contributed by atoms with Crippen molar-refractivity contribution in [3.63, 3.8) is 0 Å². The number of halogens is 1. The number of anilines is 3. The third-order valence-electron chi connectivity index (χ3n) is 8.40. The Labute approximate surface area is 249 Å². The van der Waals surface area contributed by atoms with E-state index in [2.05, 4.69) is 32.7 Å². The van der Waals surface area contributed by atoms with Crippen LogP contribution >= 0.6 is 0 Å². The molecule has 0 aliphatic carbocycles. The molecule has 0 radical (unpaired) electrons. The Kier molecular flexibility index (Phi) is 7.16. The van der Waals surface area contributed by atoms with Crippen molar-refractivity contribution in [1.29, 1.82) is 0 Å². The number of ether oxygens (including phenoxy) is 3. The zero-order valence-corrected chi connectivity index (χ0v) is 24.2. The molecule has 2 fully saturated rings. The number of fused-ring (bicyclic) bond motifs is 3. The third kappa shape index (κ3) is 5.17. The lowest BCUT2D eigenvalue weighted by Gasteiger charge is -2.40. The predicted molar refractivity (Wildman–Crippen MR) is 164 cm³/mol. The Morgan fingerprint density at radius 3 is 2.72 bits per heavy atom. The Morgan fingerprint density at radius 2 is 1.93 bits per heavy atom. The van der Waals surface area contributed by atoms with Crippen molar-refractivity contribution in [1.82, 2.24) is 15.3 Å². The van der Waals surface area contributed by atoms with Gasteiger partial charge >= 0.3 is 0 Å². The van der Waals surface area contributed by atoms with Gasteiger partial charge in [-0.2, -0.15) is 0 Å². The average Bonchev–Trinajstić information content (AvgIpc) is 3.43. The van der Waals surface area contributed by atoms with E-state index >= 15 is 4.39 Å². The van der Waals surface area contributed by atoms with Crippen molar-refractivity contribution < 1.29 is 18.6 Å². The molecule has 3 aliphatic heterocycles. The molecule has 3 aliphatic rings. The van der Waals surface area contributed by atoms with Gasteiger partial charge in [0.1, 0.15) is 29.8 Å². The maximum Gasteiger partial charge on any atom is 0.227 e. The molecule has 1 aromatic heterocycles. The first-order valence-corrected chi connectivity index (χ1v) is 14.5. The van der Waals surface area contributed by atoms with Crippen LogP contribution in [-0.2, 0) is 11.3 Å². The molecule has 10 heteroatoms. The van der Waals surface area contributed by atoms with Crippen LogP contribution in [0, 0.1) is 5.82 Å². The molecule has 9 nitrogen and oxygen atoms in total. The number of nitrogens with zero attached hydrogens (tertiary/aromatic N) is 4. The van der Waals surface area contributed by atoms with Gasteiger partial charge in [0.2, 0.25) is 5.95 Å². The number of hydrogen-bond donors (Lipinski definition) is 2. The van der Waals surface area contributed by atoms with Crippen LogP contribution in [0.3, 0.4) is 0 Å². The smallest absolute Gasteiger partial charge is 0.227 e. The summed E-state index contributed by atoms with van der Waals surface area (Å²) in [7, 11) is 3.13. The van der Waals surface area contributed by atoms with Crippen LogP contribution in [0.4, 0.5) is 21.7 Å². The van der Waals surface area contributed by atoms with Gasteiger partial charge in [-0.15, -0.1) is 0 Å². The third-order valence-corrected chi connectivity index (χ3v) is 8.40.